The molecule has 2 aliphatic heterocycles. The van der Waals surface area contributed by atoms with Crippen LogP contribution >= 0.6 is 11.3 Å². The van der Waals surface area contributed by atoms with E-state index in [1.807, 2.05) is 0 Å². The summed E-state index contributed by atoms with van der Waals surface area (Å²) in [6, 6.07) is 3.34. The second kappa shape index (κ2) is 6.02. The molecule has 1 unspecified atom stereocenters. The number of aromatic nitrogens is 2. The topological polar surface area (TPSA) is 67.2 Å². The van der Waals surface area contributed by atoms with Crippen molar-refractivity contribution in [3.05, 3.63) is 51.4 Å². The molecule has 0 spiro atoms. The third-order valence-corrected chi connectivity index (χ3v) is 6.28. The number of hydrogen-bond donors (Lipinski definition) is 1. The van der Waals surface area contributed by atoms with Gasteiger partial charge in [-0.1, -0.05) is 12.1 Å². The zero-order valence-corrected chi connectivity index (χ0v) is 15.4. The van der Waals surface area contributed by atoms with E-state index in [0.29, 0.717) is 27.3 Å². The monoisotopic (exact) mass is 424 g/mol. The summed E-state index contributed by atoms with van der Waals surface area (Å²) in [6.45, 7) is 0.0468. The van der Waals surface area contributed by atoms with Crippen molar-refractivity contribution >= 4 is 34.2 Å². The van der Waals surface area contributed by atoms with E-state index < -0.39 is 35.0 Å². The number of rotatable bonds is 2. The van der Waals surface area contributed by atoms with E-state index in [4.69, 9.17) is 0 Å². The number of carbonyl (C=O) groups is 2. The Labute approximate surface area is 164 Å². The number of thiazole rings is 1. The first kappa shape index (κ1) is 18.1. The Morgan fingerprint density at radius 1 is 1.28 bits per heavy atom. The highest BCUT2D eigenvalue weighted by atomic mass is 32.1. The Kier molecular flexibility index (Phi) is 3.76. The van der Waals surface area contributed by atoms with Gasteiger partial charge >= 0.3 is 12.2 Å². The van der Waals surface area contributed by atoms with E-state index in [1.165, 1.54) is 11.0 Å². The zero-order chi connectivity index (χ0) is 20.5. The Hall–Kier alpha value is -2.95. The van der Waals surface area contributed by atoms with Crippen LogP contribution in [0.2, 0.25) is 0 Å². The summed E-state index contributed by atoms with van der Waals surface area (Å²) in [6.07, 6.45) is -3.20. The van der Waals surface area contributed by atoms with Crippen LogP contribution in [0, 0.1) is 5.82 Å². The molecule has 2 aliphatic rings. The van der Waals surface area contributed by atoms with Crippen LogP contribution in [0.5, 0.6) is 0 Å². The molecule has 0 aliphatic carbocycles. The van der Waals surface area contributed by atoms with Gasteiger partial charge in [-0.25, -0.2) is 14.2 Å². The number of para-hydroxylation sites is 1. The van der Waals surface area contributed by atoms with E-state index in [-0.39, 0.29) is 25.0 Å². The smallest absolute Gasteiger partial charge is 0.335 e. The molecule has 0 saturated carbocycles. The van der Waals surface area contributed by atoms with Crippen molar-refractivity contribution in [2.24, 2.45) is 0 Å². The summed E-state index contributed by atoms with van der Waals surface area (Å²) in [5, 5.41) is 1.88. The molecular weight excluding hydrogens is 412 g/mol. The quantitative estimate of drug-likeness (QED) is 0.507. The number of amides is 3. The number of nitrogens with zero attached hydrogens (tertiary/aromatic N) is 3. The number of imide groups is 1. The molecule has 3 amide bonds. The fourth-order valence-electron chi connectivity index (χ4n) is 4.02. The van der Waals surface area contributed by atoms with Crippen LogP contribution in [0.3, 0.4) is 0 Å². The van der Waals surface area contributed by atoms with Gasteiger partial charge in [0.2, 0.25) is 0 Å². The normalized spacial score (nSPS) is 18.9. The summed E-state index contributed by atoms with van der Waals surface area (Å²) in [7, 11) is 0. The fraction of sp³-hybridized carbons (Fsp3) is 0.278. The van der Waals surface area contributed by atoms with Gasteiger partial charge in [-0.3, -0.25) is 10.1 Å². The van der Waals surface area contributed by atoms with Crippen molar-refractivity contribution in [1.29, 1.82) is 0 Å². The zero-order valence-electron chi connectivity index (χ0n) is 14.6. The molecule has 150 valence electrons. The predicted octanol–water partition coefficient (Wildman–Crippen LogP) is 3.28. The van der Waals surface area contributed by atoms with Crippen LogP contribution in [-0.4, -0.2) is 32.4 Å². The minimum Gasteiger partial charge on any atom is -0.335 e. The molecule has 4 heterocycles. The first-order chi connectivity index (χ1) is 13.7. The molecule has 1 fully saturated rings. The summed E-state index contributed by atoms with van der Waals surface area (Å²) in [4.78, 5) is 29.2. The van der Waals surface area contributed by atoms with E-state index in [9.17, 15) is 27.2 Å². The molecule has 1 N–H and O–H groups in total. The SMILES string of the molecule is O=C1NC(=O)N2Cc3c(c4cccc(F)c4n3Cc3cnc(C(F)(F)F)s3)CC12. The van der Waals surface area contributed by atoms with Gasteiger partial charge < -0.3 is 9.47 Å². The van der Waals surface area contributed by atoms with Crippen molar-refractivity contribution in [3.63, 3.8) is 0 Å². The standard InChI is InChI=1S/C18H12F4N4O2S/c19-11-3-1-2-9-10-4-12-15(27)24-17(28)26(12)7-13(10)25(14(9)11)6-8-5-23-16(29-8)18(20,21)22/h1-3,5,12H,4,6-7H2,(H,24,27,28). The number of nitrogens with one attached hydrogen (secondary N) is 1. The molecule has 3 aromatic rings. The van der Waals surface area contributed by atoms with Crippen LogP contribution in [0.15, 0.2) is 24.4 Å². The first-order valence-corrected chi connectivity index (χ1v) is 9.47. The predicted molar refractivity (Wildman–Crippen MR) is 94.7 cm³/mol. The second-order valence-electron chi connectivity index (χ2n) is 6.92. The highest BCUT2D eigenvalue weighted by Gasteiger charge is 2.43. The number of carbonyl (C=O) groups excluding carboxylic acids is 2. The number of hydrogen-bond acceptors (Lipinski definition) is 4. The second-order valence-corrected chi connectivity index (χ2v) is 8.03. The third-order valence-electron chi connectivity index (χ3n) is 5.25. The summed E-state index contributed by atoms with van der Waals surface area (Å²) < 4.78 is 55.0. The Bertz CT molecular complexity index is 1180. The van der Waals surface area contributed by atoms with Crippen LogP contribution in [0.25, 0.3) is 10.9 Å². The van der Waals surface area contributed by atoms with Gasteiger partial charge in [0, 0.05) is 28.6 Å². The number of benzene rings is 1. The maximum Gasteiger partial charge on any atom is 0.443 e. The highest BCUT2D eigenvalue weighted by molar-refractivity contribution is 7.11. The van der Waals surface area contributed by atoms with Gasteiger partial charge in [-0.05, 0) is 11.6 Å². The minimum atomic E-state index is -4.55. The molecule has 1 atom stereocenters. The van der Waals surface area contributed by atoms with Gasteiger partial charge in [0.25, 0.3) is 5.91 Å². The molecule has 5 rings (SSSR count). The van der Waals surface area contributed by atoms with Crippen molar-refractivity contribution < 1.29 is 27.2 Å². The number of fused-ring (bicyclic) bond motifs is 4. The minimum absolute atomic E-state index is 0.0193. The van der Waals surface area contributed by atoms with E-state index in [0.717, 1.165) is 11.8 Å². The van der Waals surface area contributed by atoms with Crippen LogP contribution in [-0.2, 0) is 30.5 Å². The molecule has 29 heavy (non-hydrogen) atoms. The largest absolute Gasteiger partial charge is 0.443 e. The Balaban J connectivity index is 1.64. The number of halogens is 4. The van der Waals surface area contributed by atoms with Gasteiger partial charge in [0.15, 0.2) is 5.01 Å². The molecular formula is C18H12F4N4O2S. The van der Waals surface area contributed by atoms with Crippen molar-refractivity contribution in [2.75, 3.05) is 0 Å². The van der Waals surface area contributed by atoms with Gasteiger partial charge in [0.1, 0.15) is 11.9 Å². The fourth-order valence-corrected chi connectivity index (χ4v) is 4.79. The number of alkyl halides is 3. The average Bonchev–Trinajstić information content (AvgIpc) is 3.32. The van der Waals surface area contributed by atoms with E-state index in [2.05, 4.69) is 10.3 Å². The molecule has 6 nitrogen and oxygen atoms in total. The summed E-state index contributed by atoms with van der Waals surface area (Å²) in [5.41, 5.74) is 1.58. The van der Waals surface area contributed by atoms with Crippen LogP contribution < -0.4 is 5.32 Å². The molecule has 0 radical (unpaired) electrons. The van der Waals surface area contributed by atoms with E-state index >= 15 is 0 Å². The molecule has 11 heteroatoms. The van der Waals surface area contributed by atoms with Gasteiger partial charge in [-0.15, -0.1) is 11.3 Å². The lowest BCUT2D eigenvalue weighted by Gasteiger charge is -2.28. The van der Waals surface area contributed by atoms with E-state index in [1.54, 1.807) is 16.7 Å². The Morgan fingerprint density at radius 3 is 2.79 bits per heavy atom. The molecule has 0 bridgehead atoms. The molecule has 1 aromatic carbocycles. The van der Waals surface area contributed by atoms with Crippen molar-refractivity contribution in [1.82, 2.24) is 19.8 Å². The maximum atomic E-state index is 14.7. The van der Waals surface area contributed by atoms with Crippen molar-refractivity contribution in [2.45, 2.75) is 31.7 Å². The third kappa shape index (κ3) is 2.71. The Morgan fingerprint density at radius 2 is 2.07 bits per heavy atom. The lowest BCUT2D eigenvalue weighted by atomic mass is 9.97. The van der Waals surface area contributed by atoms with Gasteiger partial charge in [-0.2, -0.15) is 13.2 Å². The van der Waals surface area contributed by atoms with Gasteiger partial charge in [0.05, 0.1) is 18.6 Å². The highest BCUT2D eigenvalue weighted by Crippen LogP contribution is 2.37. The lowest BCUT2D eigenvalue weighted by Crippen LogP contribution is -2.40. The first-order valence-electron chi connectivity index (χ1n) is 8.66. The molecule has 2 aromatic heterocycles. The maximum absolute atomic E-state index is 14.7. The average molecular weight is 424 g/mol. The molecule has 1 saturated heterocycles. The summed E-state index contributed by atoms with van der Waals surface area (Å²) >= 11 is 0.497. The van der Waals surface area contributed by atoms with Crippen LogP contribution in [0.1, 0.15) is 21.1 Å². The van der Waals surface area contributed by atoms with Crippen LogP contribution in [0.4, 0.5) is 22.4 Å². The van der Waals surface area contributed by atoms with Crippen molar-refractivity contribution in [3.8, 4) is 0 Å². The number of urea groups is 1. The summed E-state index contributed by atoms with van der Waals surface area (Å²) in [5.74, 6) is -0.927. The lowest BCUT2D eigenvalue weighted by molar-refractivity contribution is -0.137.